The number of carbonyl (C=O) groups excluding carboxylic acids is 1. The molecule has 3 aromatic carbocycles. The van der Waals surface area contributed by atoms with Crippen molar-refractivity contribution in [3.05, 3.63) is 94.5 Å². The van der Waals surface area contributed by atoms with E-state index < -0.39 is 26.0 Å². The number of nitrogens with two attached hydrogens (primary N) is 1. The van der Waals surface area contributed by atoms with Crippen LogP contribution < -0.4 is 10.5 Å². The molecule has 0 aromatic heterocycles. The van der Waals surface area contributed by atoms with Crippen molar-refractivity contribution in [2.75, 3.05) is 6.54 Å². The Hall–Kier alpha value is -2.57. The number of rotatable bonds is 9. The van der Waals surface area contributed by atoms with E-state index in [1.165, 1.54) is 36.4 Å². The molecule has 3 aromatic rings. The number of hydrogen-bond acceptors (Lipinski definition) is 5. The van der Waals surface area contributed by atoms with E-state index in [1.807, 2.05) is 6.07 Å². The Morgan fingerprint density at radius 1 is 0.818 bits per heavy atom. The molecule has 0 unspecified atom stereocenters. The molecule has 0 spiro atoms. The number of carbonyl (C=O) groups is 1. The largest absolute Gasteiger partial charge is 0.351 e. The number of nitrogens with one attached hydrogen (secondary N) is 1. The lowest BCUT2D eigenvalue weighted by atomic mass is 10.2. The van der Waals surface area contributed by atoms with Gasteiger partial charge in [-0.15, -0.1) is 0 Å². The molecule has 1 amide bonds. The van der Waals surface area contributed by atoms with Crippen LogP contribution >= 0.6 is 15.9 Å². The Kier molecular flexibility index (Phi) is 8.03. The van der Waals surface area contributed by atoms with Crippen LogP contribution in [0.3, 0.4) is 0 Å². The third-order valence-corrected chi connectivity index (χ3v) is 7.98. The first-order valence-electron chi connectivity index (χ1n) is 9.74. The normalized spacial score (nSPS) is 12.0. The van der Waals surface area contributed by atoms with E-state index in [0.29, 0.717) is 5.56 Å². The number of halogens is 1. The van der Waals surface area contributed by atoms with E-state index in [-0.39, 0.29) is 29.4 Å². The molecule has 0 radical (unpaired) electrons. The van der Waals surface area contributed by atoms with Crippen LogP contribution in [0, 0.1) is 0 Å². The molecule has 174 valence electrons. The van der Waals surface area contributed by atoms with Crippen LogP contribution in [0.1, 0.15) is 11.1 Å². The molecule has 0 saturated heterocycles. The fraction of sp³-hybridized carbons (Fsp3) is 0.136. The lowest BCUT2D eigenvalue weighted by molar-refractivity contribution is -0.121. The van der Waals surface area contributed by atoms with Crippen molar-refractivity contribution in [2.24, 2.45) is 5.14 Å². The molecular weight excluding hydrogens is 530 g/mol. The topological polar surface area (TPSA) is 127 Å². The van der Waals surface area contributed by atoms with Crippen LogP contribution in [-0.2, 0) is 37.9 Å². The molecule has 0 bridgehead atoms. The molecular formula is C22H22BrN3O5S2. The summed E-state index contributed by atoms with van der Waals surface area (Å²) in [7, 11) is -7.75. The van der Waals surface area contributed by atoms with Crippen LogP contribution in [0.4, 0.5) is 0 Å². The summed E-state index contributed by atoms with van der Waals surface area (Å²) in [4.78, 5) is 12.7. The van der Waals surface area contributed by atoms with Gasteiger partial charge in [-0.2, -0.15) is 4.31 Å². The first kappa shape index (κ1) is 25.1. The molecule has 8 nitrogen and oxygen atoms in total. The van der Waals surface area contributed by atoms with E-state index in [1.54, 1.807) is 36.4 Å². The second-order valence-corrected chi connectivity index (χ2v) is 11.6. The SMILES string of the molecule is NS(=O)(=O)c1ccc(CNC(=O)CN(Cc2ccccc2)S(=O)(=O)c2ccc(Br)cc2)cc1. The van der Waals surface area contributed by atoms with Gasteiger partial charge in [0.15, 0.2) is 0 Å². The summed E-state index contributed by atoms with van der Waals surface area (Å²) < 4.78 is 51.1. The smallest absolute Gasteiger partial charge is 0.243 e. The first-order chi connectivity index (χ1) is 15.6. The molecule has 33 heavy (non-hydrogen) atoms. The Morgan fingerprint density at radius 2 is 1.39 bits per heavy atom. The Bertz CT molecular complexity index is 1310. The van der Waals surface area contributed by atoms with Crippen molar-refractivity contribution < 1.29 is 21.6 Å². The van der Waals surface area contributed by atoms with E-state index in [0.717, 1.165) is 14.3 Å². The fourth-order valence-electron chi connectivity index (χ4n) is 2.98. The highest BCUT2D eigenvalue weighted by atomic mass is 79.9. The van der Waals surface area contributed by atoms with E-state index in [9.17, 15) is 21.6 Å². The second kappa shape index (κ2) is 10.6. The van der Waals surface area contributed by atoms with Gasteiger partial charge < -0.3 is 5.32 Å². The summed E-state index contributed by atoms with van der Waals surface area (Å²) in [6.45, 7) is -0.264. The highest BCUT2D eigenvalue weighted by Crippen LogP contribution is 2.21. The predicted octanol–water partition coefficient (Wildman–Crippen LogP) is 2.60. The monoisotopic (exact) mass is 551 g/mol. The predicted molar refractivity (Wildman–Crippen MR) is 128 cm³/mol. The minimum atomic E-state index is -3.94. The molecule has 0 saturated carbocycles. The number of nitrogens with zero attached hydrogens (tertiary/aromatic N) is 1. The second-order valence-electron chi connectivity index (χ2n) is 7.18. The average Bonchev–Trinajstić information content (AvgIpc) is 2.78. The molecule has 0 aliphatic carbocycles. The summed E-state index contributed by atoms with van der Waals surface area (Å²) in [6, 6.07) is 20.9. The minimum Gasteiger partial charge on any atom is -0.351 e. The van der Waals surface area contributed by atoms with Gasteiger partial charge in [0.2, 0.25) is 26.0 Å². The quantitative estimate of drug-likeness (QED) is 0.422. The van der Waals surface area contributed by atoms with Gasteiger partial charge in [-0.3, -0.25) is 4.79 Å². The number of hydrogen-bond donors (Lipinski definition) is 2. The minimum absolute atomic E-state index is 0.0235. The number of benzene rings is 3. The summed E-state index contributed by atoms with van der Waals surface area (Å²) in [5.41, 5.74) is 1.38. The van der Waals surface area contributed by atoms with Gasteiger partial charge in [-0.1, -0.05) is 58.4 Å². The zero-order valence-corrected chi connectivity index (χ0v) is 20.6. The van der Waals surface area contributed by atoms with Gasteiger partial charge in [0.05, 0.1) is 16.3 Å². The van der Waals surface area contributed by atoms with Crippen molar-refractivity contribution in [1.29, 1.82) is 0 Å². The van der Waals surface area contributed by atoms with Gasteiger partial charge in [0, 0.05) is 17.6 Å². The average molecular weight is 552 g/mol. The number of primary sulfonamides is 1. The Morgan fingerprint density at radius 3 is 1.97 bits per heavy atom. The van der Waals surface area contributed by atoms with Crippen LogP contribution in [0.5, 0.6) is 0 Å². The molecule has 3 rings (SSSR count). The highest BCUT2D eigenvalue weighted by molar-refractivity contribution is 9.10. The Labute approximate surface area is 201 Å². The first-order valence-corrected chi connectivity index (χ1v) is 13.5. The van der Waals surface area contributed by atoms with Gasteiger partial charge in [0.25, 0.3) is 0 Å². The third kappa shape index (κ3) is 6.95. The molecule has 3 N–H and O–H groups in total. The van der Waals surface area contributed by atoms with E-state index in [4.69, 9.17) is 5.14 Å². The van der Waals surface area contributed by atoms with Crippen molar-refractivity contribution in [3.8, 4) is 0 Å². The summed E-state index contributed by atoms with van der Waals surface area (Å²) >= 11 is 3.29. The molecule has 11 heteroatoms. The molecule has 0 atom stereocenters. The van der Waals surface area contributed by atoms with Crippen molar-refractivity contribution >= 4 is 41.9 Å². The van der Waals surface area contributed by atoms with Gasteiger partial charge in [0.1, 0.15) is 0 Å². The number of sulfonamides is 2. The lowest BCUT2D eigenvalue weighted by Gasteiger charge is -2.22. The highest BCUT2D eigenvalue weighted by Gasteiger charge is 2.27. The Balaban J connectivity index is 1.75. The van der Waals surface area contributed by atoms with E-state index in [2.05, 4.69) is 21.2 Å². The van der Waals surface area contributed by atoms with Crippen molar-refractivity contribution in [2.45, 2.75) is 22.9 Å². The summed E-state index contributed by atoms with van der Waals surface area (Å²) in [6.07, 6.45) is 0. The van der Waals surface area contributed by atoms with Gasteiger partial charge >= 0.3 is 0 Å². The van der Waals surface area contributed by atoms with Crippen LogP contribution in [0.2, 0.25) is 0 Å². The third-order valence-electron chi connectivity index (χ3n) is 4.71. The summed E-state index contributed by atoms with van der Waals surface area (Å²) in [5, 5.41) is 7.75. The zero-order chi connectivity index (χ0) is 24.1. The molecule has 0 aliphatic rings. The van der Waals surface area contributed by atoms with Crippen LogP contribution in [0.25, 0.3) is 0 Å². The molecule has 0 heterocycles. The maximum Gasteiger partial charge on any atom is 0.243 e. The molecule has 0 aliphatic heterocycles. The van der Waals surface area contributed by atoms with E-state index >= 15 is 0 Å². The van der Waals surface area contributed by atoms with Crippen molar-refractivity contribution in [1.82, 2.24) is 9.62 Å². The van der Waals surface area contributed by atoms with Crippen LogP contribution in [-0.4, -0.2) is 33.6 Å². The fourth-order valence-corrected chi connectivity index (χ4v) is 5.15. The zero-order valence-electron chi connectivity index (χ0n) is 17.4. The maximum atomic E-state index is 13.3. The van der Waals surface area contributed by atoms with Crippen molar-refractivity contribution in [3.63, 3.8) is 0 Å². The number of amides is 1. The lowest BCUT2D eigenvalue weighted by Crippen LogP contribution is -2.40. The molecule has 0 fully saturated rings. The van der Waals surface area contributed by atoms with Crippen LogP contribution in [0.15, 0.2) is 93.1 Å². The summed E-state index contributed by atoms with van der Waals surface area (Å²) in [5.74, 6) is -0.498. The standard InChI is InChI=1S/C22H22BrN3O5S2/c23-19-8-12-21(13-9-19)33(30,31)26(15-18-4-2-1-3-5-18)16-22(27)25-14-17-6-10-20(11-7-17)32(24,28)29/h1-13H,14-16H2,(H,25,27)(H2,24,28,29). The van der Waals surface area contributed by atoms with Gasteiger partial charge in [-0.25, -0.2) is 22.0 Å². The van der Waals surface area contributed by atoms with Gasteiger partial charge in [-0.05, 0) is 47.5 Å². The maximum absolute atomic E-state index is 13.3.